The van der Waals surface area contributed by atoms with E-state index in [-0.39, 0.29) is 0 Å². The maximum absolute atomic E-state index is 7.71. The topological polar surface area (TPSA) is 58.0 Å². The fourth-order valence-corrected chi connectivity index (χ4v) is 3.36. The van der Waals surface area contributed by atoms with Crippen LogP contribution in [0.4, 0.5) is 5.82 Å². The lowest BCUT2D eigenvalue weighted by atomic mass is 10.1. The van der Waals surface area contributed by atoms with Crippen molar-refractivity contribution in [3.05, 3.63) is 34.4 Å². The van der Waals surface area contributed by atoms with Gasteiger partial charge in [0.25, 0.3) is 0 Å². The molecule has 0 saturated carbocycles. The Balaban J connectivity index is 3.05. The molecule has 0 aromatic carbocycles. The molecule has 1 heterocycles. The second-order valence-electron chi connectivity index (χ2n) is 4.44. The van der Waals surface area contributed by atoms with Crippen LogP contribution >= 0.6 is 23.1 Å². The van der Waals surface area contributed by atoms with Crippen LogP contribution in [0.25, 0.3) is 5.57 Å². The van der Waals surface area contributed by atoms with E-state index in [1.165, 1.54) is 6.21 Å². The molecule has 0 aliphatic heterocycles. The summed E-state index contributed by atoms with van der Waals surface area (Å²) in [6, 6.07) is 0. The van der Waals surface area contributed by atoms with Crippen LogP contribution in [0.2, 0.25) is 0 Å². The SMILES string of the molecule is C/C=C(\C=C(/C)OC)C/C=C(\C=N)c1sc(SC)nc1NC. The summed E-state index contributed by atoms with van der Waals surface area (Å²) < 4.78 is 6.18. The number of aromatic nitrogens is 1. The molecule has 1 aromatic rings. The maximum Gasteiger partial charge on any atom is 0.152 e. The normalized spacial score (nSPS) is 13.2. The van der Waals surface area contributed by atoms with Crippen molar-refractivity contribution in [1.29, 1.82) is 5.41 Å². The fourth-order valence-electron chi connectivity index (χ4n) is 1.78. The zero-order chi connectivity index (χ0) is 16.5. The molecule has 1 aromatic heterocycles. The summed E-state index contributed by atoms with van der Waals surface area (Å²) in [6.45, 7) is 3.93. The average Bonchev–Trinajstić information content (AvgIpc) is 2.97. The standard InChI is InChI=1S/C16H23N3OS2/c1-6-12(9-11(2)20-4)7-8-13(10-17)14-15(18-3)19-16(21-5)22-14/h6,8-10,17-18H,7H2,1-5H3/b11-9+,12-6-,13-8+,17-10?. The summed E-state index contributed by atoms with van der Waals surface area (Å²) in [6.07, 6.45) is 10.3. The molecule has 0 amide bonds. The van der Waals surface area contributed by atoms with E-state index in [1.54, 1.807) is 30.2 Å². The van der Waals surface area contributed by atoms with Crippen molar-refractivity contribution in [1.82, 2.24) is 4.98 Å². The molecule has 4 nitrogen and oxygen atoms in total. The summed E-state index contributed by atoms with van der Waals surface area (Å²) in [4.78, 5) is 5.51. The van der Waals surface area contributed by atoms with Crippen LogP contribution in [0.15, 0.2) is 33.9 Å². The number of thioether (sulfide) groups is 1. The first-order chi connectivity index (χ1) is 10.6. The minimum atomic E-state index is 0.748. The van der Waals surface area contributed by atoms with Gasteiger partial charge in [-0.25, -0.2) is 4.98 Å². The number of nitrogens with zero attached hydrogens (tertiary/aromatic N) is 1. The van der Waals surface area contributed by atoms with Gasteiger partial charge in [-0.05, 0) is 38.2 Å². The van der Waals surface area contributed by atoms with Gasteiger partial charge in [0.2, 0.25) is 0 Å². The van der Waals surface area contributed by atoms with E-state index in [0.717, 1.165) is 38.4 Å². The first kappa shape index (κ1) is 18.5. The highest BCUT2D eigenvalue weighted by Crippen LogP contribution is 2.34. The van der Waals surface area contributed by atoms with E-state index >= 15 is 0 Å². The van der Waals surface area contributed by atoms with Crippen LogP contribution in [-0.4, -0.2) is 31.6 Å². The number of allylic oxidation sites excluding steroid dienone is 6. The third kappa shape index (κ3) is 5.03. The van der Waals surface area contributed by atoms with Crippen molar-refractivity contribution in [2.24, 2.45) is 0 Å². The van der Waals surface area contributed by atoms with Gasteiger partial charge >= 0.3 is 0 Å². The molecule has 0 radical (unpaired) electrons. The average molecular weight is 338 g/mol. The maximum atomic E-state index is 7.71. The highest BCUT2D eigenvalue weighted by atomic mass is 32.2. The number of methoxy groups -OCH3 is 1. The number of hydrogen-bond acceptors (Lipinski definition) is 6. The Hall–Kier alpha value is -1.53. The van der Waals surface area contributed by atoms with Crippen LogP contribution in [0.1, 0.15) is 25.1 Å². The molecule has 1 rings (SSSR count). The predicted molar refractivity (Wildman–Crippen MR) is 99.3 cm³/mol. The Morgan fingerprint density at radius 2 is 2.23 bits per heavy atom. The van der Waals surface area contributed by atoms with Gasteiger partial charge in [-0.15, -0.1) is 11.3 Å². The molecule has 0 atom stereocenters. The molecule has 6 heteroatoms. The van der Waals surface area contributed by atoms with E-state index in [4.69, 9.17) is 10.1 Å². The second kappa shape index (κ2) is 9.48. The Labute approximate surface area is 140 Å². The fraction of sp³-hybridized carbons (Fsp3) is 0.375. The van der Waals surface area contributed by atoms with Gasteiger partial charge in [-0.3, -0.25) is 0 Å². The number of hydrogen-bond donors (Lipinski definition) is 2. The minimum absolute atomic E-state index is 0.748. The molecule has 0 spiro atoms. The van der Waals surface area contributed by atoms with Crippen molar-refractivity contribution in [3.8, 4) is 0 Å². The van der Waals surface area contributed by atoms with E-state index in [2.05, 4.69) is 22.5 Å². The highest BCUT2D eigenvalue weighted by Gasteiger charge is 2.12. The van der Waals surface area contributed by atoms with Crippen LogP contribution in [0, 0.1) is 5.41 Å². The molecular weight excluding hydrogens is 314 g/mol. The largest absolute Gasteiger partial charge is 0.501 e. The summed E-state index contributed by atoms with van der Waals surface area (Å²) >= 11 is 3.22. The highest BCUT2D eigenvalue weighted by molar-refractivity contribution is 8.00. The first-order valence-electron chi connectivity index (χ1n) is 6.90. The number of nitrogens with one attached hydrogen (secondary N) is 2. The molecule has 22 heavy (non-hydrogen) atoms. The molecule has 0 aliphatic rings. The summed E-state index contributed by atoms with van der Waals surface area (Å²) in [5, 5.41) is 10.8. The van der Waals surface area contributed by atoms with E-state index in [9.17, 15) is 0 Å². The van der Waals surface area contributed by atoms with E-state index in [1.807, 2.05) is 33.2 Å². The van der Waals surface area contributed by atoms with Crippen molar-refractivity contribution in [2.75, 3.05) is 25.7 Å². The van der Waals surface area contributed by atoms with Gasteiger partial charge < -0.3 is 15.5 Å². The van der Waals surface area contributed by atoms with Crippen molar-refractivity contribution >= 4 is 40.7 Å². The van der Waals surface area contributed by atoms with Gasteiger partial charge in [-0.1, -0.05) is 23.9 Å². The predicted octanol–water partition coefficient (Wildman–Crippen LogP) is 4.83. The molecule has 0 aliphatic carbocycles. The van der Waals surface area contributed by atoms with E-state index < -0.39 is 0 Å². The number of ether oxygens (including phenoxy) is 1. The zero-order valence-electron chi connectivity index (χ0n) is 13.7. The number of thiazole rings is 1. The smallest absolute Gasteiger partial charge is 0.152 e. The lowest BCUT2D eigenvalue weighted by Crippen LogP contribution is -1.93. The molecule has 2 N–H and O–H groups in total. The Bertz CT molecular complexity index is 601. The molecule has 0 bridgehead atoms. The van der Waals surface area contributed by atoms with Crippen LogP contribution in [0.3, 0.4) is 0 Å². The zero-order valence-corrected chi connectivity index (χ0v) is 15.3. The first-order valence-corrected chi connectivity index (χ1v) is 8.94. The van der Waals surface area contributed by atoms with Gasteiger partial charge in [-0.2, -0.15) is 0 Å². The summed E-state index contributed by atoms with van der Waals surface area (Å²) in [5.74, 6) is 1.70. The summed E-state index contributed by atoms with van der Waals surface area (Å²) in [7, 11) is 3.52. The monoisotopic (exact) mass is 337 g/mol. The third-order valence-electron chi connectivity index (χ3n) is 3.08. The number of anilines is 1. The lowest BCUT2D eigenvalue weighted by molar-refractivity contribution is 0.293. The minimum Gasteiger partial charge on any atom is -0.501 e. The molecule has 0 saturated heterocycles. The van der Waals surface area contributed by atoms with Crippen LogP contribution in [0.5, 0.6) is 0 Å². The quantitative estimate of drug-likeness (QED) is 0.309. The van der Waals surface area contributed by atoms with Crippen molar-refractivity contribution in [3.63, 3.8) is 0 Å². The van der Waals surface area contributed by atoms with Gasteiger partial charge in [0, 0.05) is 18.8 Å². The Kier molecular flexibility index (Phi) is 7.98. The molecule has 0 unspecified atom stereocenters. The van der Waals surface area contributed by atoms with Crippen molar-refractivity contribution in [2.45, 2.75) is 24.6 Å². The molecular formula is C16H23N3OS2. The third-order valence-corrected chi connectivity index (χ3v) is 5.17. The van der Waals surface area contributed by atoms with Crippen LogP contribution in [-0.2, 0) is 4.74 Å². The molecule has 120 valence electrons. The van der Waals surface area contributed by atoms with E-state index in [0.29, 0.717) is 0 Å². The number of rotatable bonds is 8. The van der Waals surface area contributed by atoms with Crippen molar-refractivity contribution < 1.29 is 4.74 Å². The van der Waals surface area contributed by atoms with Gasteiger partial charge in [0.1, 0.15) is 5.82 Å². The second-order valence-corrected chi connectivity index (χ2v) is 6.49. The summed E-state index contributed by atoms with van der Waals surface area (Å²) in [5.41, 5.74) is 2.03. The lowest BCUT2D eigenvalue weighted by Gasteiger charge is -2.04. The van der Waals surface area contributed by atoms with Gasteiger partial charge in [0.05, 0.1) is 17.7 Å². The molecule has 0 fully saturated rings. The Morgan fingerprint density at radius 1 is 1.50 bits per heavy atom. The Morgan fingerprint density at radius 3 is 2.73 bits per heavy atom. The van der Waals surface area contributed by atoms with Crippen LogP contribution < -0.4 is 5.32 Å². The van der Waals surface area contributed by atoms with Gasteiger partial charge in [0.15, 0.2) is 4.34 Å².